The lowest BCUT2D eigenvalue weighted by Crippen LogP contribution is -2.06. The fraction of sp³-hybridized carbons (Fsp3) is 0.217. The Bertz CT molecular complexity index is 1360. The highest BCUT2D eigenvalue weighted by molar-refractivity contribution is 6.37. The molecule has 2 aromatic heterocycles. The Morgan fingerprint density at radius 2 is 1.88 bits per heavy atom. The van der Waals surface area contributed by atoms with Crippen LogP contribution in [0.2, 0.25) is 10.0 Å². The third-order valence-electron chi connectivity index (χ3n) is 5.03. The first-order chi connectivity index (χ1) is 16.5. The summed E-state index contributed by atoms with van der Waals surface area (Å²) in [6.07, 6.45) is 5.37. The predicted octanol–water partition coefficient (Wildman–Crippen LogP) is 5.23. The van der Waals surface area contributed by atoms with Gasteiger partial charge in [-0.15, -0.1) is 0 Å². The van der Waals surface area contributed by atoms with E-state index in [4.69, 9.17) is 37.4 Å². The number of fused-ring (bicyclic) bond motifs is 1. The van der Waals surface area contributed by atoms with E-state index >= 15 is 0 Å². The molecule has 2 heterocycles. The molecule has 0 radical (unpaired) electrons. The van der Waals surface area contributed by atoms with Crippen LogP contribution >= 0.6 is 23.2 Å². The Labute approximate surface area is 205 Å². The first-order valence-electron chi connectivity index (χ1n) is 10.2. The van der Waals surface area contributed by atoms with E-state index in [0.717, 1.165) is 6.42 Å². The normalized spacial score (nSPS) is 10.7. The molecular weight excluding hydrogens is 479 g/mol. The topological polar surface area (TPSA) is 107 Å². The summed E-state index contributed by atoms with van der Waals surface area (Å²) in [5.74, 6) is 1.50. The van der Waals surface area contributed by atoms with Gasteiger partial charge in [-0.25, -0.2) is 4.98 Å². The summed E-state index contributed by atoms with van der Waals surface area (Å²) in [7, 11) is 3.07. The van der Waals surface area contributed by atoms with Crippen LogP contribution in [-0.2, 0) is 6.54 Å². The van der Waals surface area contributed by atoms with Crippen molar-refractivity contribution in [3.63, 3.8) is 0 Å². The molecule has 0 bridgehead atoms. The quantitative estimate of drug-likeness (QED) is 0.312. The number of aryl methyl sites for hydroxylation is 1. The van der Waals surface area contributed by atoms with Crippen LogP contribution in [0.1, 0.15) is 12.0 Å². The van der Waals surface area contributed by atoms with Crippen molar-refractivity contribution in [3.05, 3.63) is 58.7 Å². The Balaban J connectivity index is 1.66. The molecule has 0 spiro atoms. The third-order valence-corrected chi connectivity index (χ3v) is 5.64. The van der Waals surface area contributed by atoms with Crippen molar-refractivity contribution in [2.45, 2.75) is 13.0 Å². The van der Waals surface area contributed by atoms with E-state index in [1.165, 1.54) is 19.6 Å². The van der Waals surface area contributed by atoms with E-state index in [1.54, 1.807) is 42.4 Å². The van der Waals surface area contributed by atoms with Gasteiger partial charge < -0.3 is 19.5 Å². The van der Waals surface area contributed by atoms with Gasteiger partial charge in [-0.05, 0) is 12.1 Å². The highest BCUT2D eigenvalue weighted by Crippen LogP contribution is 2.40. The molecule has 174 valence electrons. The second kappa shape index (κ2) is 10.5. The van der Waals surface area contributed by atoms with Crippen LogP contribution < -0.4 is 19.5 Å². The lowest BCUT2D eigenvalue weighted by molar-refractivity contribution is 0.281. The molecule has 2 aromatic carbocycles. The van der Waals surface area contributed by atoms with E-state index in [1.807, 2.05) is 0 Å². The van der Waals surface area contributed by atoms with Crippen LogP contribution in [-0.4, -0.2) is 40.6 Å². The number of nitrogens with one attached hydrogen (secondary N) is 1. The summed E-state index contributed by atoms with van der Waals surface area (Å²) < 4.78 is 18.5. The molecule has 0 atom stereocenters. The molecule has 0 amide bonds. The molecule has 4 rings (SSSR count). The minimum absolute atomic E-state index is 0.334. The molecule has 0 aliphatic carbocycles. The Morgan fingerprint density at radius 3 is 2.59 bits per heavy atom. The van der Waals surface area contributed by atoms with Crippen molar-refractivity contribution in [1.82, 2.24) is 19.7 Å². The number of halogens is 2. The van der Waals surface area contributed by atoms with Gasteiger partial charge in [0.05, 0.1) is 53.3 Å². The summed E-state index contributed by atoms with van der Waals surface area (Å²) >= 11 is 12.5. The maximum atomic E-state index is 9.70. The van der Waals surface area contributed by atoms with Gasteiger partial charge in [-0.1, -0.05) is 23.2 Å². The number of nitriles is 1. The smallest absolute Gasteiger partial charge is 0.163 e. The molecular formula is C23H20Cl2N6O3. The maximum absolute atomic E-state index is 9.70. The number of nitrogens with zero attached hydrogens (tertiary/aromatic N) is 5. The minimum Gasteiger partial charge on any atom is -0.495 e. The average molecular weight is 499 g/mol. The predicted molar refractivity (Wildman–Crippen MR) is 129 cm³/mol. The minimum atomic E-state index is 0.334. The number of methoxy groups -OCH3 is 2. The number of anilines is 2. The van der Waals surface area contributed by atoms with Crippen LogP contribution in [0.3, 0.4) is 0 Å². The van der Waals surface area contributed by atoms with Crippen LogP contribution in [0.4, 0.5) is 11.4 Å². The third kappa shape index (κ3) is 4.93. The summed E-state index contributed by atoms with van der Waals surface area (Å²) in [5, 5.41) is 18.4. The molecule has 0 unspecified atom stereocenters. The molecule has 11 heteroatoms. The van der Waals surface area contributed by atoms with Crippen LogP contribution in [0.15, 0.2) is 43.1 Å². The van der Waals surface area contributed by atoms with Gasteiger partial charge in [0.1, 0.15) is 24.5 Å². The highest BCUT2D eigenvalue weighted by Gasteiger charge is 2.16. The van der Waals surface area contributed by atoms with Gasteiger partial charge in [-0.2, -0.15) is 10.4 Å². The van der Waals surface area contributed by atoms with Gasteiger partial charge >= 0.3 is 0 Å². The van der Waals surface area contributed by atoms with Crippen molar-refractivity contribution in [3.8, 4) is 23.3 Å². The molecule has 0 fully saturated rings. The molecule has 0 aliphatic heterocycles. The molecule has 1 N–H and O–H groups in total. The molecule has 0 saturated carbocycles. The molecule has 9 nitrogen and oxygen atoms in total. The van der Waals surface area contributed by atoms with E-state index in [-0.39, 0.29) is 0 Å². The molecule has 0 saturated heterocycles. The summed E-state index contributed by atoms with van der Waals surface area (Å²) in [4.78, 5) is 8.35. The number of ether oxygens (including phenoxy) is 3. The van der Waals surface area contributed by atoms with Crippen molar-refractivity contribution >= 4 is 45.5 Å². The summed E-state index contributed by atoms with van der Waals surface area (Å²) in [5.41, 5.74) is 2.00. The average Bonchev–Trinajstić information content (AvgIpc) is 3.36. The number of hydrogen-bond acceptors (Lipinski definition) is 8. The van der Waals surface area contributed by atoms with Crippen LogP contribution in [0, 0.1) is 11.3 Å². The zero-order valence-electron chi connectivity index (χ0n) is 18.4. The standard InChI is InChI=1S/C23H20Cl2N6O3/c1-32-20-9-19(16(24)7-17(20)25)30-23-14(10-26)11-28-18-8-22(21(33-2)6-15(18)23)34-5-3-4-31-13-27-12-29-31/h6-9,11-13H,3-5H2,1-2H3,(H,28,30). The van der Waals surface area contributed by atoms with E-state index in [9.17, 15) is 5.26 Å². The zero-order chi connectivity index (χ0) is 24.1. The van der Waals surface area contributed by atoms with Crippen molar-refractivity contribution in [1.29, 1.82) is 5.26 Å². The molecule has 0 aliphatic rings. The number of hydrogen-bond donors (Lipinski definition) is 1. The second-order valence-corrected chi connectivity index (χ2v) is 7.95. The molecule has 4 aromatic rings. The van der Waals surface area contributed by atoms with Crippen molar-refractivity contribution in [2.24, 2.45) is 0 Å². The monoisotopic (exact) mass is 498 g/mol. The first kappa shape index (κ1) is 23.4. The van der Waals surface area contributed by atoms with Gasteiger partial charge in [0.15, 0.2) is 11.5 Å². The Hall–Kier alpha value is -3.74. The number of benzene rings is 2. The number of aromatic nitrogens is 4. The first-order valence-corrected chi connectivity index (χ1v) is 11.0. The fourth-order valence-corrected chi connectivity index (χ4v) is 3.87. The lowest BCUT2D eigenvalue weighted by Gasteiger charge is -2.16. The van der Waals surface area contributed by atoms with Gasteiger partial charge in [0.25, 0.3) is 0 Å². The van der Waals surface area contributed by atoms with E-state index in [2.05, 4.69) is 26.5 Å². The highest BCUT2D eigenvalue weighted by atomic mass is 35.5. The fourth-order valence-electron chi connectivity index (χ4n) is 3.36. The van der Waals surface area contributed by atoms with E-state index < -0.39 is 0 Å². The van der Waals surface area contributed by atoms with Crippen LogP contribution in [0.5, 0.6) is 17.2 Å². The number of rotatable bonds is 9. The Morgan fingerprint density at radius 1 is 1.06 bits per heavy atom. The summed E-state index contributed by atoms with van der Waals surface area (Å²) in [6, 6.07) is 8.96. The van der Waals surface area contributed by atoms with Crippen molar-refractivity contribution < 1.29 is 14.2 Å². The number of pyridine rings is 1. The van der Waals surface area contributed by atoms with E-state index in [0.29, 0.717) is 68.3 Å². The summed E-state index contributed by atoms with van der Waals surface area (Å²) in [6.45, 7) is 1.13. The van der Waals surface area contributed by atoms with Gasteiger partial charge in [-0.3, -0.25) is 9.67 Å². The zero-order valence-corrected chi connectivity index (χ0v) is 19.9. The lowest BCUT2D eigenvalue weighted by atomic mass is 10.1. The second-order valence-electron chi connectivity index (χ2n) is 7.13. The Kier molecular flexibility index (Phi) is 7.21. The van der Waals surface area contributed by atoms with Crippen molar-refractivity contribution in [2.75, 3.05) is 26.1 Å². The maximum Gasteiger partial charge on any atom is 0.163 e. The SMILES string of the molecule is COc1cc(Nc2c(C#N)cnc3cc(OCCCn4cncn4)c(OC)cc23)c(Cl)cc1Cl. The van der Waals surface area contributed by atoms with Gasteiger partial charge in [0.2, 0.25) is 0 Å². The van der Waals surface area contributed by atoms with Crippen LogP contribution in [0.25, 0.3) is 10.9 Å². The largest absolute Gasteiger partial charge is 0.495 e. The molecule has 34 heavy (non-hydrogen) atoms. The van der Waals surface area contributed by atoms with Gasteiger partial charge in [0, 0.05) is 36.7 Å².